The van der Waals surface area contributed by atoms with Crippen LogP contribution >= 0.6 is 0 Å². The van der Waals surface area contributed by atoms with Crippen molar-refractivity contribution in [1.29, 1.82) is 0 Å². The molecule has 1 heterocycles. The SMILES string of the molecule is CCCCc1ccccc1C(Cc1ccc(N(C)C)cc1)(NCn1ccnc1)c1ccccc1. The fourth-order valence-corrected chi connectivity index (χ4v) is 4.68. The molecule has 0 amide bonds. The molecule has 0 aliphatic heterocycles. The monoisotopic (exact) mass is 452 g/mol. The number of unbranched alkanes of at least 4 members (excludes halogenated alkanes) is 1. The van der Waals surface area contributed by atoms with E-state index in [4.69, 9.17) is 0 Å². The number of hydrogen-bond donors (Lipinski definition) is 1. The largest absolute Gasteiger partial charge is 0.378 e. The third kappa shape index (κ3) is 5.40. The summed E-state index contributed by atoms with van der Waals surface area (Å²) in [4.78, 5) is 6.40. The van der Waals surface area contributed by atoms with Crippen molar-refractivity contribution in [2.75, 3.05) is 19.0 Å². The van der Waals surface area contributed by atoms with Gasteiger partial charge >= 0.3 is 0 Å². The van der Waals surface area contributed by atoms with E-state index in [2.05, 4.69) is 120 Å². The van der Waals surface area contributed by atoms with Gasteiger partial charge in [0.15, 0.2) is 0 Å². The van der Waals surface area contributed by atoms with Crippen molar-refractivity contribution in [3.05, 3.63) is 120 Å². The number of rotatable bonds is 11. The molecule has 0 spiro atoms. The first-order chi connectivity index (χ1) is 16.6. The summed E-state index contributed by atoms with van der Waals surface area (Å²) in [6.07, 6.45) is 10.0. The quantitative estimate of drug-likeness (QED) is 0.302. The molecule has 0 saturated heterocycles. The molecule has 176 valence electrons. The van der Waals surface area contributed by atoms with Crippen LogP contribution in [0.25, 0.3) is 0 Å². The Kier molecular flexibility index (Phi) is 7.81. The highest BCUT2D eigenvalue weighted by Crippen LogP contribution is 2.36. The number of aromatic nitrogens is 2. The summed E-state index contributed by atoms with van der Waals surface area (Å²) in [5.41, 5.74) is 6.18. The molecule has 4 aromatic rings. The predicted octanol–water partition coefficient (Wildman–Crippen LogP) is 6.03. The van der Waals surface area contributed by atoms with Gasteiger partial charge in [-0.15, -0.1) is 0 Å². The lowest BCUT2D eigenvalue weighted by Gasteiger charge is -2.38. The van der Waals surface area contributed by atoms with Gasteiger partial charge in [-0.2, -0.15) is 0 Å². The first-order valence-electron chi connectivity index (χ1n) is 12.2. The van der Waals surface area contributed by atoms with Gasteiger partial charge in [-0.05, 0) is 53.6 Å². The van der Waals surface area contributed by atoms with Crippen LogP contribution in [-0.2, 0) is 25.0 Å². The van der Waals surface area contributed by atoms with Crippen LogP contribution < -0.4 is 10.2 Å². The van der Waals surface area contributed by atoms with Gasteiger partial charge in [-0.25, -0.2) is 4.98 Å². The number of nitrogens with zero attached hydrogens (tertiary/aromatic N) is 3. The maximum atomic E-state index is 4.25. The van der Waals surface area contributed by atoms with E-state index < -0.39 is 0 Å². The summed E-state index contributed by atoms with van der Waals surface area (Å²) in [5.74, 6) is 0. The Morgan fingerprint density at radius 1 is 0.912 bits per heavy atom. The van der Waals surface area contributed by atoms with Crippen LogP contribution in [0.5, 0.6) is 0 Å². The summed E-state index contributed by atoms with van der Waals surface area (Å²) < 4.78 is 2.10. The molecule has 1 N–H and O–H groups in total. The second kappa shape index (κ2) is 11.2. The van der Waals surface area contributed by atoms with Crippen LogP contribution in [0, 0.1) is 0 Å². The zero-order chi connectivity index (χ0) is 23.8. The highest BCUT2D eigenvalue weighted by molar-refractivity contribution is 5.49. The van der Waals surface area contributed by atoms with E-state index in [1.165, 1.54) is 40.8 Å². The molecule has 4 nitrogen and oxygen atoms in total. The Labute approximate surface area is 204 Å². The molecule has 0 radical (unpaired) electrons. The van der Waals surface area contributed by atoms with Crippen LogP contribution in [0.2, 0.25) is 0 Å². The number of anilines is 1. The number of benzene rings is 3. The minimum Gasteiger partial charge on any atom is -0.378 e. The highest BCUT2D eigenvalue weighted by Gasteiger charge is 2.36. The van der Waals surface area contributed by atoms with Crippen LogP contribution in [0.4, 0.5) is 5.69 Å². The van der Waals surface area contributed by atoms with E-state index in [-0.39, 0.29) is 5.54 Å². The smallest absolute Gasteiger partial charge is 0.0956 e. The Morgan fingerprint density at radius 2 is 1.65 bits per heavy atom. The molecule has 1 unspecified atom stereocenters. The van der Waals surface area contributed by atoms with Crippen molar-refractivity contribution < 1.29 is 0 Å². The lowest BCUT2D eigenvalue weighted by atomic mass is 9.75. The van der Waals surface area contributed by atoms with Crippen LogP contribution in [0.1, 0.15) is 42.0 Å². The summed E-state index contributed by atoms with van der Waals surface area (Å²) in [7, 11) is 4.17. The Bertz CT molecular complexity index is 1130. The maximum absolute atomic E-state index is 4.25. The molecule has 4 heteroatoms. The first kappa shape index (κ1) is 23.8. The average molecular weight is 453 g/mol. The van der Waals surface area contributed by atoms with E-state index in [1.807, 2.05) is 18.7 Å². The van der Waals surface area contributed by atoms with Crippen molar-refractivity contribution in [1.82, 2.24) is 14.9 Å². The molecule has 0 saturated carbocycles. The zero-order valence-electron chi connectivity index (χ0n) is 20.6. The summed E-state index contributed by atoms with van der Waals surface area (Å²) in [6.45, 7) is 2.93. The normalized spacial score (nSPS) is 12.9. The third-order valence-corrected chi connectivity index (χ3v) is 6.59. The molecule has 0 aliphatic rings. The van der Waals surface area contributed by atoms with Crippen molar-refractivity contribution in [3.63, 3.8) is 0 Å². The zero-order valence-corrected chi connectivity index (χ0v) is 20.6. The van der Waals surface area contributed by atoms with E-state index >= 15 is 0 Å². The van der Waals surface area contributed by atoms with Gasteiger partial charge in [-0.1, -0.05) is 80.1 Å². The fraction of sp³-hybridized carbons (Fsp3) is 0.300. The van der Waals surface area contributed by atoms with Crippen molar-refractivity contribution >= 4 is 5.69 Å². The number of aryl methyl sites for hydroxylation is 1. The Morgan fingerprint density at radius 3 is 2.32 bits per heavy atom. The molecule has 0 aliphatic carbocycles. The first-order valence-corrected chi connectivity index (χ1v) is 12.2. The minimum absolute atomic E-state index is 0.379. The van der Waals surface area contributed by atoms with E-state index in [1.54, 1.807) is 0 Å². The number of imidazole rings is 1. The van der Waals surface area contributed by atoms with E-state index in [0.717, 1.165) is 12.8 Å². The summed E-state index contributed by atoms with van der Waals surface area (Å²) in [5, 5.41) is 3.98. The van der Waals surface area contributed by atoms with Crippen LogP contribution in [0.15, 0.2) is 97.6 Å². The van der Waals surface area contributed by atoms with Crippen LogP contribution in [-0.4, -0.2) is 23.6 Å². The second-order valence-electron chi connectivity index (χ2n) is 9.18. The topological polar surface area (TPSA) is 33.1 Å². The van der Waals surface area contributed by atoms with Gasteiger partial charge in [0.05, 0.1) is 18.5 Å². The van der Waals surface area contributed by atoms with Crippen molar-refractivity contribution in [2.24, 2.45) is 0 Å². The van der Waals surface area contributed by atoms with Gasteiger partial charge in [-0.3, -0.25) is 5.32 Å². The van der Waals surface area contributed by atoms with E-state index in [0.29, 0.717) is 6.67 Å². The summed E-state index contributed by atoms with van der Waals surface area (Å²) in [6, 6.07) is 28.8. The Hall–Kier alpha value is -3.37. The lowest BCUT2D eigenvalue weighted by Crippen LogP contribution is -2.46. The van der Waals surface area contributed by atoms with Gasteiger partial charge in [0.25, 0.3) is 0 Å². The molecular weight excluding hydrogens is 416 g/mol. The fourth-order valence-electron chi connectivity index (χ4n) is 4.68. The molecule has 0 bridgehead atoms. The number of nitrogens with one attached hydrogen (secondary N) is 1. The maximum Gasteiger partial charge on any atom is 0.0956 e. The number of hydrogen-bond acceptors (Lipinski definition) is 3. The standard InChI is InChI=1S/C30H36N4/c1-4-5-11-26-12-9-10-15-29(26)30(27-13-7-6-8-14-27,32-24-34-21-20-31-23-34)22-25-16-18-28(19-17-25)33(2)3/h6-10,12-21,23,32H,4-5,11,22,24H2,1-3H3. The van der Waals surface area contributed by atoms with Crippen molar-refractivity contribution in [3.8, 4) is 0 Å². The van der Waals surface area contributed by atoms with Gasteiger partial charge in [0, 0.05) is 32.2 Å². The average Bonchev–Trinajstić information content (AvgIpc) is 3.40. The molecule has 1 atom stereocenters. The summed E-state index contributed by atoms with van der Waals surface area (Å²) >= 11 is 0. The highest BCUT2D eigenvalue weighted by atomic mass is 15.2. The predicted molar refractivity (Wildman–Crippen MR) is 142 cm³/mol. The Balaban J connectivity index is 1.84. The second-order valence-corrected chi connectivity index (χ2v) is 9.18. The third-order valence-electron chi connectivity index (χ3n) is 6.59. The molecule has 34 heavy (non-hydrogen) atoms. The van der Waals surface area contributed by atoms with Gasteiger partial charge in [0.1, 0.15) is 0 Å². The lowest BCUT2D eigenvalue weighted by molar-refractivity contribution is 0.353. The molecule has 1 aromatic heterocycles. The van der Waals surface area contributed by atoms with E-state index in [9.17, 15) is 0 Å². The molecule has 4 rings (SSSR count). The minimum atomic E-state index is -0.379. The van der Waals surface area contributed by atoms with Crippen LogP contribution in [0.3, 0.4) is 0 Å². The van der Waals surface area contributed by atoms with Crippen molar-refractivity contribution in [2.45, 2.75) is 44.8 Å². The molecule has 0 fully saturated rings. The van der Waals surface area contributed by atoms with Gasteiger partial charge in [0.2, 0.25) is 0 Å². The van der Waals surface area contributed by atoms with Gasteiger partial charge < -0.3 is 9.47 Å². The molecular formula is C30H36N4. The molecule has 3 aromatic carbocycles.